The summed E-state index contributed by atoms with van der Waals surface area (Å²) in [5.74, 6) is -0.261. The number of rotatable bonds is 14. The van der Waals surface area contributed by atoms with Crippen LogP contribution in [0.15, 0.2) is 85.2 Å². The average molecular weight is 610 g/mol. The molecule has 6 rings (SSSR count). The smallest absolute Gasteiger partial charge is 0.166 e. The van der Waals surface area contributed by atoms with Crippen LogP contribution in [0.4, 0.5) is 4.39 Å². The maximum absolute atomic E-state index is 15.2. The molecule has 0 radical (unpaired) electrons. The number of aromatic nitrogens is 2. The van der Waals surface area contributed by atoms with Crippen LogP contribution in [0.25, 0.3) is 20.8 Å². The van der Waals surface area contributed by atoms with Crippen LogP contribution in [-0.4, -0.2) is 41.8 Å². The second-order valence-corrected chi connectivity index (χ2v) is 12.0. The topological polar surface area (TPSA) is 90.4 Å². The molecule has 3 heterocycles. The predicted molar refractivity (Wildman–Crippen MR) is 168 cm³/mol. The van der Waals surface area contributed by atoms with Crippen LogP contribution in [0.3, 0.4) is 0 Å². The molecule has 224 valence electrons. The Kier molecular flexibility index (Phi) is 8.88. The number of thiophene rings is 1. The largest absolute Gasteiger partial charge is 0.453 e. The van der Waals surface area contributed by atoms with Gasteiger partial charge in [0.2, 0.25) is 0 Å². The van der Waals surface area contributed by atoms with Gasteiger partial charge in [-0.25, -0.2) is 4.39 Å². The molecule has 44 heavy (non-hydrogen) atoms. The van der Waals surface area contributed by atoms with Gasteiger partial charge in [0.1, 0.15) is 5.75 Å². The maximum atomic E-state index is 15.2. The van der Waals surface area contributed by atoms with Crippen LogP contribution >= 0.6 is 11.3 Å². The number of ketones is 2. The first kappa shape index (κ1) is 29.7. The highest BCUT2D eigenvalue weighted by atomic mass is 32.1. The summed E-state index contributed by atoms with van der Waals surface area (Å²) in [6.45, 7) is 2.12. The number of benzene rings is 2. The Labute approximate surface area is 259 Å². The molecule has 1 aliphatic rings. The molecule has 9 heteroatoms. The third-order valence-corrected chi connectivity index (χ3v) is 9.03. The summed E-state index contributed by atoms with van der Waals surface area (Å²) in [5.41, 5.74) is 3.07. The Morgan fingerprint density at radius 3 is 2.39 bits per heavy atom. The van der Waals surface area contributed by atoms with E-state index in [0.29, 0.717) is 37.3 Å². The number of hydrogen-bond acceptors (Lipinski definition) is 8. The van der Waals surface area contributed by atoms with E-state index in [1.807, 2.05) is 54.7 Å². The van der Waals surface area contributed by atoms with Gasteiger partial charge in [-0.1, -0.05) is 42.5 Å². The molecule has 1 saturated carbocycles. The first-order chi connectivity index (χ1) is 21.4. The summed E-state index contributed by atoms with van der Waals surface area (Å²) >= 11 is 1.48. The monoisotopic (exact) mass is 609 g/mol. The van der Waals surface area contributed by atoms with Crippen molar-refractivity contribution in [1.29, 1.82) is 0 Å². The lowest BCUT2D eigenvalue weighted by molar-refractivity contribution is -0.133. The van der Waals surface area contributed by atoms with Gasteiger partial charge in [-0.2, -0.15) is 0 Å². The molecule has 1 N–H and O–H groups in total. The van der Waals surface area contributed by atoms with Gasteiger partial charge in [0.05, 0.1) is 32.8 Å². The number of Topliss-reactive ketones (excluding diaryl/α,β-unsaturated/α-hetero) is 2. The summed E-state index contributed by atoms with van der Waals surface area (Å²) in [6.07, 6.45) is 4.80. The van der Waals surface area contributed by atoms with Gasteiger partial charge in [-0.3, -0.25) is 19.6 Å². The number of nitrogens with zero attached hydrogens (tertiary/aromatic N) is 2. The molecular weight excluding hydrogens is 577 g/mol. The summed E-state index contributed by atoms with van der Waals surface area (Å²) in [4.78, 5) is 36.2. The Balaban J connectivity index is 1.12. The van der Waals surface area contributed by atoms with E-state index in [0.717, 1.165) is 38.5 Å². The second-order valence-electron chi connectivity index (χ2n) is 11.0. The van der Waals surface area contributed by atoms with Crippen molar-refractivity contribution in [3.8, 4) is 22.1 Å². The van der Waals surface area contributed by atoms with E-state index in [-0.39, 0.29) is 30.2 Å². The van der Waals surface area contributed by atoms with Crippen molar-refractivity contribution < 1.29 is 23.5 Å². The first-order valence-electron chi connectivity index (χ1n) is 14.6. The number of carbonyl (C=O) groups is 2. The number of pyridine rings is 2. The zero-order valence-electron chi connectivity index (χ0n) is 24.3. The van der Waals surface area contributed by atoms with E-state index >= 15 is 4.39 Å². The van der Waals surface area contributed by atoms with Gasteiger partial charge >= 0.3 is 0 Å². The van der Waals surface area contributed by atoms with Crippen molar-refractivity contribution in [3.05, 3.63) is 108 Å². The summed E-state index contributed by atoms with van der Waals surface area (Å²) in [6, 6.07) is 21.6. The fourth-order valence-electron chi connectivity index (χ4n) is 5.20. The lowest BCUT2D eigenvalue weighted by Gasteiger charge is -2.14. The molecule has 7 nitrogen and oxygen atoms in total. The number of halogens is 1. The third kappa shape index (κ3) is 6.60. The Hall–Kier alpha value is -4.31. The van der Waals surface area contributed by atoms with Crippen LogP contribution in [-0.2, 0) is 33.7 Å². The van der Waals surface area contributed by atoms with Gasteiger partial charge < -0.3 is 14.8 Å². The number of hydrogen-bond donors (Lipinski definition) is 1. The van der Waals surface area contributed by atoms with E-state index in [1.54, 1.807) is 25.4 Å². The van der Waals surface area contributed by atoms with Crippen LogP contribution in [0.1, 0.15) is 29.5 Å². The van der Waals surface area contributed by atoms with Gasteiger partial charge in [0.15, 0.2) is 23.1 Å². The predicted octanol–water partition coefficient (Wildman–Crippen LogP) is 6.73. The molecule has 1 aliphatic carbocycles. The van der Waals surface area contributed by atoms with Gasteiger partial charge in [-0.15, -0.1) is 11.3 Å². The molecule has 0 spiro atoms. The molecule has 0 unspecified atom stereocenters. The average Bonchev–Trinajstić information content (AvgIpc) is 3.74. The highest BCUT2D eigenvalue weighted by Gasteiger charge is 2.54. The van der Waals surface area contributed by atoms with Gasteiger partial charge in [0.25, 0.3) is 0 Å². The molecule has 2 aromatic carbocycles. The van der Waals surface area contributed by atoms with Crippen LogP contribution in [0.5, 0.6) is 11.5 Å². The van der Waals surface area contributed by atoms with Crippen LogP contribution in [0.2, 0.25) is 0 Å². The fourth-order valence-corrected chi connectivity index (χ4v) is 6.24. The van der Waals surface area contributed by atoms with E-state index in [4.69, 9.17) is 9.47 Å². The minimum Gasteiger partial charge on any atom is -0.453 e. The maximum Gasteiger partial charge on any atom is 0.166 e. The number of nitrogens with one attached hydrogen (secondary N) is 1. The molecule has 0 bridgehead atoms. The van der Waals surface area contributed by atoms with Gasteiger partial charge in [-0.05, 0) is 53.8 Å². The molecule has 5 aromatic rings. The lowest BCUT2D eigenvalue weighted by atomic mass is 9.88. The minimum atomic E-state index is -0.947. The van der Waals surface area contributed by atoms with E-state index < -0.39 is 11.2 Å². The number of carbonyl (C=O) groups excluding carboxylic acids is 2. The third-order valence-electron chi connectivity index (χ3n) is 7.87. The zero-order chi connectivity index (χ0) is 30.5. The van der Waals surface area contributed by atoms with E-state index in [2.05, 4.69) is 15.3 Å². The number of ether oxygens (including phenoxy) is 2. The van der Waals surface area contributed by atoms with Crippen molar-refractivity contribution >= 4 is 33.1 Å². The van der Waals surface area contributed by atoms with Crippen molar-refractivity contribution in [2.24, 2.45) is 5.41 Å². The molecule has 3 aromatic heterocycles. The van der Waals surface area contributed by atoms with Crippen molar-refractivity contribution in [2.45, 2.75) is 32.2 Å². The molecule has 1 fully saturated rings. The molecular formula is C35H32FN3O4S. The lowest BCUT2D eigenvalue weighted by Crippen LogP contribution is -2.28. The Morgan fingerprint density at radius 1 is 0.909 bits per heavy atom. The Bertz CT molecular complexity index is 1790. The molecule has 0 atom stereocenters. The van der Waals surface area contributed by atoms with Gasteiger partial charge in [0, 0.05) is 51.5 Å². The fraction of sp³-hybridized carbons (Fsp3) is 0.257. The normalized spacial score (nSPS) is 13.6. The van der Waals surface area contributed by atoms with Crippen molar-refractivity contribution in [1.82, 2.24) is 15.3 Å². The highest BCUT2D eigenvalue weighted by molar-refractivity contribution is 7.22. The number of fused-ring (bicyclic) bond motifs is 1. The number of methoxy groups -OCH3 is 1. The van der Waals surface area contributed by atoms with Crippen molar-refractivity contribution in [3.63, 3.8) is 0 Å². The van der Waals surface area contributed by atoms with Crippen LogP contribution < -0.4 is 10.1 Å². The second kappa shape index (κ2) is 13.1. The molecule has 0 saturated heterocycles. The molecule has 0 amide bonds. The highest BCUT2D eigenvalue weighted by Crippen LogP contribution is 2.49. The first-order valence-corrected chi connectivity index (χ1v) is 15.4. The Morgan fingerprint density at radius 2 is 1.68 bits per heavy atom. The SMILES string of the molecule is COCCNCc1ccc(-c2cc3nccc(Oc4ccc(CC(=O)C5(C(=O)Cc6ccccc6)CC5)cc4F)c3s2)nc1. The van der Waals surface area contributed by atoms with E-state index in [9.17, 15) is 9.59 Å². The molecule has 0 aliphatic heterocycles. The van der Waals surface area contributed by atoms with Crippen LogP contribution in [0, 0.1) is 11.2 Å². The summed E-state index contributed by atoms with van der Waals surface area (Å²) < 4.78 is 27.1. The van der Waals surface area contributed by atoms with E-state index in [1.165, 1.54) is 23.5 Å². The summed E-state index contributed by atoms with van der Waals surface area (Å²) in [7, 11) is 1.67. The van der Waals surface area contributed by atoms with Crippen molar-refractivity contribution in [2.75, 3.05) is 20.3 Å². The summed E-state index contributed by atoms with van der Waals surface area (Å²) in [5, 5.41) is 3.30. The zero-order valence-corrected chi connectivity index (χ0v) is 25.2. The minimum absolute atomic E-state index is 0.000520. The standard InChI is InChI=1S/C35H32FN3O4S/c1-42-16-15-37-21-25-7-9-27(39-22-25)31-20-28-34(44-31)30(11-14-38-28)43-29-10-8-24(17-26(29)36)19-33(41)35(12-13-35)32(40)18-23-5-3-2-4-6-23/h2-11,14,17,20,22,37H,12-13,15-16,18-19,21H2,1H3. The quantitative estimate of drug-likeness (QED) is 0.110.